The zero-order valence-corrected chi connectivity index (χ0v) is 50.9. The molecule has 0 amide bonds. The molecule has 0 N–H and O–H groups in total. The third-order valence-electron chi connectivity index (χ3n) is 14.4. The van der Waals surface area contributed by atoms with Crippen molar-refractivity contribution >= 4 is 46.2 Å². The largest absolute Gasteiger partial charge is 3.00 e. The molecule has 0 saturated carbocycles. The second-order valence-corrected chi connectivity index (χ2v) is 28.0. The van der Waals surface area contributed by atoms with Gasteiger partial charge < -0.3 is 19.0 Å². The topological polar surface area (TPSA) is 56.7 Å². The predicted molar refractivity (Wildman–Crippen MR) is 330 cm³/mol. The third-order valence-corrected chi connectivity index (χ3v) is 16.5. The van der Waals surface area contributed by atoms with E-state index in [1.807, 2.05) is 36.7 Å². The van der Waals surface area contributed by atoms with Crippen molar-refractivity contribution in [2.75, 3.05) is 0 Å². The van der Waals surface area contributed by atoms with Crippen molar-refractivity contribution in [3.8, 4) is 61.8 Å². The number of fused-ring (bicyclic) bond motifs is 4. The van der Waals surface area contributed by atoms with E-state index in [4.69, 9.17) is 9.40 Å². The number of hydrogen-bond acceptors (Lipinski definition) is 4. The third kappa shape index (κ3) is 12.8. The van der Waals surface area contributed by atoms with Crippen LogP contribution in [0.25, 0.3) is 94.8 Å². The van der Waals surface area contributed by atoms with E-state index in [2.05, 4.69) is 228 Å². The van der Waals surface area contributed by atoms with E-state index in [0.717, 1.165) is 72.4 Å². The molecule has 0 aliphatic heterocycles. The molecular weight excluding hydrogens is 1200 g/mol. The molecule has 0 fully saturated rings. The monoisotopic (exact) mass is 1260 g/mol. The minimum absolute atomic E-state index is 0. The van der Waals surface area contributed by atoms with Gasteiger partial charge in [0.2, 0.25) is 0 Å². The van der Waals surface area contributed by atoms with E-state index >= 15 is 0 Å². The molecule has 9 heteroatoms. The van der Waals surface area contributed by atoms with Crippen LogP contribution in [0, 0.1) is 29.8 Å². The van der Waals surface area contributed by atoms with Gasteiger partial charge in [-0.25, -0.2) is 0 Å². The van der Waals surface area contributed by atoms with Crippen LogP contribution < -0.4 is 5.19 Å². The minimum atomic E-state index is -1.30. The first-order valence-electron chi connectivity index (χ1n) is 27.3. The van der Waals surface area contributed by atoms with Gasteiger partial charge in [0.15, 0.2) is 0 Å². The Hall–Kier alpha value is -7.94. The number of pyridine rings is 2. The van der Waals surface area contributed by atoms with E-state index in [1.165, 1.54) is 68.5 Å². The average Bonchev–Trinajstić information content (AvgIpc) is 4.04. The Morgan fingerprint density at radius 3 is 1.64 bits per heavy atom. The van der Waals surface area contributed by atoms with Crippen LogP contribution in [-0.4, -0.2) is 27.6 Å². The van der Waals surface area contributed by atoms with Crippen molar-refractivity contribution in [1.29, 1.82) is 0 Å². The number of rotatable bonds is 9. The van der Waals surface area contributed by atoms with Gasteiger partial charge >= 0.3 is 20.1 Å². The number of nitrogens with zero attached hydrogens (tertiary/aromatic N) is 4. The standard InChI is InChI=1S/C43H35N2O.C15H15FN.C14H15FNSi.Ir/c1-27(2)36-24-32(30-16-9-6-10-17-30)25-37(28(3)4)41(36)45-39-21-12-11-20-38(39)44-43(45)35-19-13-18-34-33-23-22-31(26-40(33)46-42(34)35)29-14-7-5-8-15-29;1-15(2,3)12-6-9-14(17-10-12)11-4-7-13(16)8-5-11;1-17(2,3)13-8-9-14(16-10-13)11-4-6-12(15)7-5-11;/h5-18,20-28H,1-4H3;2*4,6-10H,1-3H3;/q3*-1;+3. The fraction of sp³-hybridized carbons (Fsp3) is 0.181. The average molecular weight is 1260 g/mol. The fourth-order valence-corrected chi connectivity index (χ4v) is 10.9. The molecule has 0 atom stereocenters. The summed E-state index contributed by atoms with van der Waals surface area (Å²) in [4.78, 5) is 14.1. The van der Waals surface area contributed by atoms with E-state index in [0.29, 0.717) is 0 Å². The van der Waals surface area contributed by atoms with Gasteiger partial charge in [-0.1, -0.05) is 188 Å². The van der Waals surface area contributed by atoms with Crippen molar-refractivity contribution in [2.45, 2.75) is 85.4 Å². The maximum atomic E-state index is 12.8. The number of imidazole rings is 1. The molecule has 0 saturated heterocycles. The summed E-state index contributed by atoms with van der Waals surface area (Å²) in [6.45, 7) is 22.4. The van der Waals surface area contributed by atoms with Crippen molar-refractivity contribution in [3.05, 3.63) is 247 Å². The van der Waals surface area contributed by atoms with Crippen LogP contribution >= 0.6 is 0 Å². The predicted octanol–water partition coefficient (Wildman–Crippen LogP) is 19.2. The summed E-state index contributed by atoms with van der Waals surface area (Å²) in [5.74, 6) is 0.859. The molecule has 0 aliphatic carbocycles. The minimum Gasteiger partial charge on any atom is -0.501 e. The van der Waals surface area contributed by atoms with Crippen LogP contribution in [-0.2, 0) is 25.5 Å². The molecular formula is C72H65F2IrN4OSi. The summed E-state index contributed by atoms with van der Waals surface area (Å²) in [6.07, 6.45) is 3.80. The number of hydrogen-bond donors (Lipinski definition) is 0. The normalized spacial score (nSPS) is 11.6. The van der Waals surface area contributed by atoms with Crippen molar-refractivity contribution < 1.29 is 33.3 Å². The summed E-state index contributed by atoms with van der Waals surface area (Å²) in [5.41, 5.74) is 17.7. The van der Waals surface area contributed by atoms with Crippen LogP contribution in [0.5, 0.6) is 0 Å². The Bertz CT molecular complexity index is 3940. The van der Waals surface area contributed by atoms with Crippen molar-refractivity contribution in [3.63, 3.8) is 0 Å². The molecule has 0 radical (unpaired) electrons. The van der Waals surface area contributed by atoms with Crippen LogP contribution in [0.2, 0.25) is 19.6 Å². The Labute approximate surface area is 490 Å². The molecule has 12 rings (SSSR count). The number of benzene rings is 8. The maximum Gasteiger partial charge on any atom is 3.00 e. The molecule has 12 aromatic rings. The molecule has 0 spiro atoms. The van der Waals surface area contributed by atoms with Gasteiger partial charge in [-0.3, -0.25) is 13.8 Å². The molecule has 81 heavy (non-hydrogen) atoms. The summed E-state index contributed by atoms with van der Waals surface area (Å²) in [6, 6.07) is 71.3. The molecule has 0 aliphatic rings. The summed E-state index contributed by atoms with van der Waals surface area (Å²) >= 11 is 0. The fourth-order valence-electron chi connectivity index (χ4n) is 9.88. The van der Waals surface area contributed by atoms with E-state index < -0.39 is 8.07 Å². The molecule has 5 nitrogen and oxygen atoms in total. The van der Waals surface area contributed by atoms with Gasteiger partial charge in [-0.15, -0.1) is 77.9 Å². The molecule has 0 bridgehead atoms. The van der Waals surface area contributed by atoms with Gasteiger partial charge in [0, 0.05) is 35.1 Å². The number of furan rings is 1. The van der Waals surface area contributed by atoms with E-state index in [1.54, 1.807) is 12.1 Å². The number of halogens is 2. The molecule has 8 aromatic carbocycles. The first-order valence-corrected chi connectivity index (χ1v) is 30.8. The number of para-hydroxylation sites is 2. The van der Waals surface area contributed by atoms with E-state index in [9.17, 15) is 8.78 Å². The second kappa shape index (κ2) is 24.4. The smallest absolute Gasteiger partial charge is 0.501 e. The molecule has 406 valence electrons. The van der Waals surface area contributed by atoms with Crippen LogP contribution in [0.1, 0.15) is 77.0 Å². The van der Waals surface area contributed by atoms with Gasteiger partial charge in [0.1, 0.15) is 5.58 Å². The summed E-state index contributed by atoms with van der Waals surface area (Å²) < 4.78 is 34.6. The number of aromatic nitrogens is 4. The Morgan fingerprint density at radius 2 is 1.12 bits per heavy atom. The zero-order chi connectivity index (χ0) is 56.3. The van der Waals surface area contributed by atoms with E-state index in [-0.39, 0.29) is 49.0 Å². The quantitative estimate of drug-likeness (QED) is 0.107. The summed E-state index contributed by atoms with van der Waals surface area (Å²) in [7, 11) is -1.30. The van der Waals surface area contributed by atoms with Crippen LogP contribution in [0.3, 0.4) is 0 Å². The van der Waals surface area contributed by atoms with Gasteiger partial charge in [0.25, 0.3) is 0 Å². The summed E-state index contributed by atoms with van der Waals surface area (Å²) in [5, 5.41) is 3.48. The van der Waals surface area contributed by atoms with Gasteiger partial charge in [-0.2, -0.15) is 0 Å². The van der Waals surface area contributed by atoms with Crippen molar-refractivity contribution in [1.82, 2.24) is 19.5 Å². The van der Waals surface area contributed by atoms with Crippen LogP contribution in [0.4, 0.5) is 8.78 Å². The van der Waals surface area contributed by atoms with Crippen LogP contribution in [0.15, 0.2) is 205 Å². The molecule has 0 unspecified atom stereocenters. The van der Waals surface area contributed by atoms with Gasteiger partial charge in [0.05, 0.1) is 30.5 Å². The molecule has 4 heterocycles. The zero-order valence-electron chi connectivity index (χ0n) is 47.5. The Morgan fingerprint density at radius 1 is 0.556 bits per heavy atom. The SMILES string of the molecule is CC(C)(C)c1ccc(-c2[c-]cc(F)cc2)nc1.CC(C)c1cc(-c2ccccc2)cc(C(C)C)c1-n1c(-c2[c-]ccc3c2oc2cc(-c4ccccc4)ccc23)nc2ccccc21.C[Si](C)(C)c1ccc(-c2[c-]cc(F)cc2)nc1.[Ir+3]. The van der Waals surface area contributed by atoms with Crippen molar-refractivity contribution in [2.24, 2.45) is 0 Å². The molecule has 4 aromatic heterocycles. The van der Waals surface area contributed by atoms with Gasteiger partial charge in [-0.05, 0) is 103 Å². The Balaban J connectivity index is 0.000000185. The first kappa shape index (κ1) is 57.7. The second-order valence-electron chi connectivity index (χ2n) is 22.9. The maximum absolute atomic E-state index is 12.8. The first-order chi connectivity index (χ1) is 38.4. The Kier molecular flexibility index (Phi) is 17.4.